The molecule has 2 aromatic carbocycles. The Kier molecular flexibility index (Phi) is 7.92. The highest BCUT2D eigenvalue weighted by molar-refractivity contribution is 6.30. The zero-order valence-electron chi connectivity index (χ0n) is 17.2. The molecule has 6 heteroatoms. The van der Waals surface area contributed by atoms with Crippen LogP contribution in [0.4, 0.5) is 5.69 Å². The third-order valence-electron chi connectivity index (χ3n) is 5.18. The molecule has 1 aliphatic rings. The van der Waals surface area contributed by atoms with Gasteiger partial charge in [-0.15, -0.1) is 0 Å². The van der Waals surface area contributed by atoms with E-state index >= 15 is 0 Å². The van der Waals surface area contributed by atoms with Gasteiger partial charge < -0.3 is 10.1 Å². The van der Waals surface area contributed by atoms with Crippen LogP contribution in [-0.2, 0) is 4.79 Å². The van der Waals surface area contributed by atoms with E-state index < -0.39 is 0 Å². The van der Waals surface area contributed by atoms with Gasteiger partial charge in [0.15, 0.2) is 0 Å². The summed E-state index contributed by atoms with van der Waals surface area (Å²) < 4.78 is 5.77. The van der Waals surface area contributed by atoms with E-state index in [1.165, 1.54) is 5.56 Å². The molecule has 1 N–H and O–H groups in total. The van der Waals surface area contributed by atoms with Crippen molar-refractivity contribution in [1.29, 1.82) is 0 Å². The lowest BCUT2D eigenvalue weighted by atomic mass is 10.0. The average molecular weight is 416 g/mol. The maximum atomic E-state index is 12.5. The minimum absolute atomic E-state index is 0.0534. The third kappa shape index (κ3) is 6.74. The molecule has 0 saturated carbocycles. The molecule has 1 saturated heterocycles. The van der Waals surface area contributed by atoms with Gasteiger partial charge in [-0.1, -0.05) is 43.6 Å². The number of ether oxygens (including phenoxy) is 1. The Morgan fingerprint density at radius 1 is 1.03 bits per heavy atom. The maximum Gasteiger partial charge on any atom is 0.238 e. The fourth-order valence-electron chi connectivity index (χ4n) is 3.50. The van der Waals surface area contributed by atoms with E-state index in [1.807, 2.05) is 42.5 Å². The molecule has 1 fully saturated rings. The first-order valence-electron chi connectivity index (χ1n) is 10.2. The number of rotatable bonds is 8. The Labute approximate surface area is 178 Å². The van der Waals surface area contributed by atoms with Gasteiger partial charge in [-0.25, -0.2) is 0 Å². The Morgan fingerprint density at radius 3 is 2.38 bits per heavy atom. The summed E-state index contributed by atoms with van der Waals surface area (Å²) in [5, 5.41) is 3.80. The Morgan fingerprint density at radius 2 is 1.69 bits per heavy atom. The van der Waals surface area contributed by atoms with Crippen molar-refractivity contribution in [2.75, 3.05) is 51.2 Å². The van der Waals surface area contributed by atoms with Crippen LogP contribution < -0.4 is 10.1 Å². The molecule has 29 heavy (non-hydrogen) atoms. The van der Waals surface area contributed by atoms with E-state index in [9.17, 15) is 4.79 Å². The summed E-state index contributed by atoms with van der Waals surface area (Å²) in [5.41, 5.74) is 2.09. The van der Waals surface area contributed by atoms with Crippen molar-refractivity contribution in [3.05, 3.63) is 59.1 Å². The summed E-state index contributed by atoms with van der Waals surface area (Å²) in [6.07, 6.45) is 0. The number of nitrogens with one attached hydrogen (secondary N) is 1. The van der Waals surface area contributed by atoms with Gasteiger partial charge in [0.1, 0.15) is 12.4 Å². The monoisotopic (exact) mass is 415 g/mol. The van der Waals surface area contributed by atoms with Gasteiger partial charge in [0.05, 0.1) is 6.54 Å². The number of nitrogens with zero attached hydrogens (tertiary/aromatic N) is 2. The first kappa shape index (κ1) is 21.6. The van der Waals surface area contributed by atoms with Crippen molar-refractivity contribution in [2.45, 2.75) is 19.8 Å². The second-order valence-corrected chi connectivity index (χ2v) is 8.15. The van der Waals surface area contributed by atoms with Crippen LogP contribution >= 0.6 is 11.6 Å². The smallest absolute Gasteiger partial charge is 0.238 e. The molecule has 1 aliphatic heterocycles. The Hall–Kier alpha value is -2.08. The first-order chi connectivity index (χ1) is 14.0. The van der Waals surface area contributed by atoms with Gasteiger partial charge in [-0.2, -0.15) is 0 Å². The standard InChI is InChI=1S/C23H30ClN3O2/c1-18(2)21-5-3-4-6-22(21)25-23(28)17-27-13-11-26(12-14-27)15-16-29-20-9-7-19(24)8-10-20/h3-10,18H,11-17H2,1-2H3,(H,25,28). The van der Waals surface area contributed by atoms with Crippen molar-refractivity contribution in [3.8, 4) is 5.75 Å². The molecule has 0 aromatic heterocycles. The van der Waals surface area contributed by atoms with Gasteiger partial charge in [-0.05, 0) is 41.8 Å². The Balaban J connectivity index is 1.37. The molecule has 0 aliphatic carbocycles. The van der Waals surface area contributed by atoms with Crippen LogP contribution in [0.15, 0.2) is 48.5 Å². The van der Waals surface area contributed by atoms with Crippen molar-refractivity contribution in [1.82, 2.24) is 9.80 Å². The van der Waals surface area contributed by atoms with E-state index in [0.29, 0.717) is 24.1 Å². The van der Waals surface area contributed by atoms with Gasteiger partial charge in [-0.3, -0.25) is 14.6 Å². The molecule has 3 rings (SSSR count). The quantitative estimate of drug-likeness (QED) is 0.705. The van der Waals surface area contributed by atoms with Crippen LogP contribution in [0.3, 0.4) is 0 Å². The van der Waals surface area contributed by atoms with Crippen molar-refractivity contribution < 1.29 is 9.53 Å². The lowest BCUT2D eigenvalue weighted by molar-refractivity contribution is -0.117. The maximum absolute atomic E-state index is 12.5. The van der Waals surface area contributed by atoms with Gasteiger partial charge in [0.2, 0.25) is 5.91 Å². The number of benzene rings is 2. The number of halogens is 1. The van der Waals surface area contributed by atoms with E-state index in [0.717, 1.165) is 44.2 Å². The molecule has 156 valence electrons. The van der Waals surface area contributed by atoms with Crippen molar-refractivity contribution in [3.63, 3.8) is 0 Å². The fourth-order valence-corrected chi connectivity index (χ4v) is 3.63. The number of anilines is 1. The lowest BCUT2D eigenvalue weighted by Gasteiger charge is -2.34. The minimum atomic E-state index is 0.0534. The number of hydrogen-bond acceptors (Lipinski definition) is 4. The number of carbonyl (C=O) groups excluding carboxylic acids is 1. The van der Waals surface area contributed by atoms with E-state index in [2.05, 4.69) is 35.0 Å². The predicted octanol–water partition coefficient (Wildman–Crippen LogP) is 4.10. The molecular formula is C23H30ClN3O2. The van der Waals surface area contributed by atoms with Crippen molar-refractivity contribution >= 4 is 23.2 Å². The number of piperazine rings is 1. The Bertz CT molecular complexity index is 787. The van der Waals surface area contributed by atoms with Crippen molar-refractivity contribution in [2.24, 2.45) is 0 Å². The minimum Gasteiger partial charge on any atom is -0.492 e. The second kappa shape index (κ2) is 10.6. The van der Waals surface area contributed by atoms with Crippen LogP contribution in [0.1, 0.15) is 25.3 Å². The molecule has 0 radical (unpaired) electrons. The number of hydrogen-bond donors (Lipinski definition) is 1. The molecular weight excluding hydrogens is 386 g/mol. The second-order valence-electron chi connectivity index (χ2n) is 7.71. The molecule has 1 amide bonds. The summed E-state index contributed by atoms with van der Waals surface area (Å²) in [6.45, 7) is 9.90. The van der Waals surface area contributed by atoms with Gasteiger partial charge in [0.25, 0.3) is 0 Å². The molecule has 1 heterocycles. The molecule has 0 bridgehead atoms. The summed E-state index contributed by atoms with van der Waals surface area (Å²) in [6, 6.07) is 15.5. The lowest BCUT2D eigenvalue weighted by Crippen LogP contribution is -2.49. The van der Waals surface area contributed by atoms with E-state index in [4.69, 9.17) is 16.3 Å². The number of amides is 1. The zero-order valence-corrected chi connectivity index (χ0v) is 18.0. The van der Waals surface area contributed by atoms with Crippen LogP contribution in [0.2, 0.25) is 5.02 Å². The normalized spacial score (nSPS) is 15.4. The van der Waals surface area contributed by atoms with Crippen LogP contribution in [-0.4, -0.2) is 61.6 Å². The van der Waals surface area contributed by atoms with Gasteiger partial charge in [0, 0.05) is 43.4 Å². The molecule has 5 nitrogen and oxygen atoms in total. The zero-order chi connectivity index (χ0) is 20.6. The van der Waals surface area contributed by atoms with Gasteiger partial charge >= 0.3 is 0 Å². The highest BCUT2D eigenvalue weighted by Crippen LogP contribution is 2.23. The average Bonchev–Trinajstić information content (AvgIpc) is 2.71. The SMILES string of the molecule is CC(C)c1ccccc1NC(=O)CN1CCN(CCOc2ccc(Cl)cc2)CC1. The van der Waals surface area contributed by atoms with Crippen LogP contribution in [0.5, 0.6) is 5.75 Å². The van der Waals surface area contributed by atoms with Crippen LogP contribution in [0, 0.1) is 0 Å². The summed E-state index contributed by atoms with van der Waals surface area (Å²) >= 11 is 5.89. The molecule has 2 aromatic rings. The third-order valence-corrected chi connectivity index (χ3v) is 5.43. The first-order valence-corrected chi connectivity index (χ1v) is 10.6. The fraction of sp³-hybridized carbons (Fsp3) is 0.435. The number of carbonyl (C=O) groups is 1. The highest BCUT2D eigenvalue weighted by atomic mass is 35.5. The summed E-state index contributed by atoms with van der Waals surface area (Å²) in [5.74, 6) is 1.27. The highest BCUT2D eigenvalue weighted by Gasteiger charge is 2.19. The predicted molar refractivity (Wildman–Crippen MR) is 119 cm³/mol. The van der Waals surface area contributed by atoms with E-state index in [-0.39, 0.29) is 5.91 Å². The molecule has 0 spiro atoms. The summed E-state index contributed by atoms with van der Waals surface area (Å²) in [4.78, 5) is 17.1. The topological polar surface area (TPSA) is 44.8 Å². The summed E-state index contributed by atoms with van der Waals surface area (Å²) in [7, 11) is 0. The van der Waals surface area contributed by atoms with E-state index in [1.54, 1.807) is 0 Å². The molecule has 0 atom stereocenters. The number of para-hydroxylation sites is 1. The van der Waals surface area contributed by atoms with Crippen LogP contribution in [0.25, 0.3) is 0 Å². The largest absolute Gasteiger partial charge is 0.492 e. The molecule has 0 unspecified atom stereocenters.